The van der Waals surface area contributed by atoms with Crippen molar-refractivity contribution in [3.63, 3.8) is 0 Å². The van der Waals surface area contributed by atoms with Crippen LogP contribution in [0.1, 0.15) is 19.8 Å². The van der Waals surface area contributed by atoms with Crippen LogP contribution in [0.2, 0.25) is 0 Å². The summed E-state index contributed by atoms with van der Waals surface area (Å²) in [4.78, 5) is 32.8. The van der Waals surface area contributed by atoms with E-state index in [9.17, 15) is 18.6 Å². The molecule has 0 aromatic carbocycles. The van der Waals surface area contributed by atoms with Gasteiger partial charge in [-0.25, -0.2) is 9.59 Å². The van der Waals surface area contributed by atoms with E-state index in [1.807, 2.05) is 0 Å². The molecule has 3 amide bonds. The number of carbonyl (C=O) groups excluding carboxylic acids is 2. The fraction of sp³-hybridized carbons (Fsp3) is 0.700. The van der Waals surface area contributed by atoms with Gasteiger partial charge in [-0.1, -0.05) is 6.92 Å². The molecule has 0 radical (unpaired) electrons. The quantitative estimate of drug-likeness (QED) is 0.444. The van der Waals surface area contributed by atoms with Crippen LogP contribution in [0, 0.1) is 0 Å². The maximum Gasteiger partial charge on any atom is 0.326 e. The molecule has 0 aliphatic carbocycles. The lowest BCUT2D eigenvalue weighted by Gasteiger charge is -2.14. The molecule has 0 aliphatic rings. The molecule has 0 aromatic heterocycles. The first-order valence-electron chi connectivity index (χ1n) is 5.61. The summed E-state index contributed by atoms with van der Waals surface area (Å²) in [5.74, 6) is -2.15. The minimum absolute atomic E-state index is 0.0683. The highest BCUT2D eigenvalue weighted by atomic mass is 32.2. The average Bonchev–Trinajstić information content (AvgIpc) is 2.26. The second-order valence-corrected chi connectivity index (χ2v) is 5.86. The number of primary amides is 1. The SMILES string of the molecule is CC(CCNC(=O)NC(CC(N)=O)C(=O)O)S(C)=O. The highest BCUT2D eigenvalue weighted by molar-refractivity contribution is 7.84. The fourth-order valence-corrected chi connectivity index (χ4v) is 1.62. The first-order chi connectivity index (χ1) is 8.73. The van der Waals surface area contributed by atoms with Gasteiger partial charge in [0.2, 0.25) is 5.91 Å². The van der Waals surface area contributed by atoms with Gasteiger partial charge in [-0.3, -0.25) is 9.00 Å². The number of carbonyl (C=O) groups is 3. The molecule has 0 aliphatic heterocycles. The highest BCUT2D eigenvalue weighted by Gasteiger charge is 2.21. The molecular weight excluding hydrogens is 274 g/mol. The Bertz CT molecular complexity index is 374. The van der Waals surface area contributed by atoms with Crippen molar-refractivity contribution in [1.29, 1.82) is 0 Å². The summed E-state index contributed by atoms with van der Waals surface area (Å²) in [6.07, 6.45) is 1.60. The summed E-state index contributed by atoms with van der Waals surface area (Å²) in [6, 6.07) is -2.06. The van der Waals surface area contributed by atoms with E-state index in [1.54, 1.807) is 13.2 Å². The highest BCUT2D eigenvalue weighted by Crippen LogP contribution is 1.97. The van der Waals surface area contributed by atoms with Gasteiger partial charge in [0, 0.05) is 28.9 Å². The van der Waals surface area contributed by atoms with Gasteiger partial charge >= 0.3 is 12.0 Å². The molecule has 8 nitrogen and oxygen atoms in total. The van der Waals surface area contributed by atoms with E-state index in [2.05, 4.69) is 10.6 Å². The third kappa shape index (κ3) is 8.14. The van der Waals surface area contributed by atoms with Crippen LogP contribution in [0.25, 0.3) is 0 Å². The maximum absolute atomic E-state index is 11.4. The normalized spacial score (nSPS) is 15.1. The molecule has 0 spiro atoms. The lowest BCUT2D eigenvalue weighted by atomic mass is 10.2. The van der Waals surface area contributed by atoms with Crippen LogP contribution >= 0.6 is 0 Å². The van der Waals surface area contributed by atoms with Gasteiger partial charge in [-0.05, 0) is 6.42 Å². The first kappa shape index (κ1) is 17.4. The molecule has 0 aromatic rings. The molecule has 3 atom stereocenters. The van der Waals surface area contributed by atoms with Gasteiger partial charge in [0.15, 0.2) is 0 Å². The lowest BCUT2D eigenvalue weighted by Crippen LogP contribution is -2.48. The Labute approximate surface area is 113 Å². The molecule has 110 valence electrons. The number of rotatable bonds is 8. The molecule has 19 heavy (non-hydrogen) atoms. The van der Waals surface area contributed by atoms with Gasteiger partial charge in [0.25, 0.3) is 0 Å². The third-order valence-electron chi connectivity index (χ3n) is 2.41. The maximum atomic E-state index is 11.4. The zero-order valence-electron chi connectivity index (χ0n) is 10.8. The molecule has 3 unspecified atom stereocenters. The minimum Gasteiger partial charge on any atom is -0.480 e. The van der Waals surface area contributed by atoms with Crippen LogP contribution in [0.15, 0.2) is 0 Å². The molecule has 0 rings (SSSR count). The van der Waals surface area contributed by atoms with Crippen molar-refractivity contribution in [3.05, 3.63) is 0 Å². The monoisotopic (exact) mass is 293 g/mol. The Hall–Kier alpha value is -1.64. The smallest absolute Gasteiger partial charge is 0.326 e. The number of hydrogen-bond donors (Lipinski definition) is 4. The fourth-order valence-electron chi connectivity index (χ4n) is 1.17. The van der Waals surface area contributed by atoms with Gasteiger partial charge in [-0.15, -0.1) is 0 Å². The number of nitrogens with one attached hydrogen (secondary N) is 2. The first-order valence-corrected chi connectivity index (χ1v) is 7.23. The van der Waals surface area contributed by atoms with Crippen molar-refractivity contribution in [3.8, 4) is 0 Å². The van der Waals surface area contributed by atoms with Gasteiger partial charge in [0.1, 0.15) is 6.04 Å². The second kappa shape index (κ2) is 8.46. The number of urea groups is 1. The predicted molar refractivity (Wildman–Crippen MR) is 69.9 cm³/mol. The predicted octanol–water partition coefficient (Wildman–Crippen LogP) is -1.23. The molecule has 0 bridgehead atoms. The van der Waals surface area contributed by atoms with Crippen LogP contribution in [0.3, 0.4) is 0 Å². The topological polar surface area (TPSA) is 139 Å². The van der Waals surface area contributed by atoms with Crippen LogP contribution in [-0.2, 0) is 20.4 Å². The zero-order chi connectivity index (χ0) is 15.0. The molecule has 0 saturated heterocycles. The number of aliphatic carboxylic acids is 1. The summed E-state index contributed by atoms with van der Waals surface area (Å²) in [7, 11) is -0.978. The van der Waals surface area contributed by atoms with Crippen LogP contribution in [-0.4, -0.2) is 51.3 Å². The van der Waals surface area contributed by atoms with E-state index in [0.29, 0.717) is 6.42 Å². The van der Waals surface area contributed by atoms with E-state index in [1.165, 1.54) is 0 Å². The summed E-state index contributed by atoms with van der Waals surface area (Å²) in [5.41, 5.74) is 4.87. The Morgan fingerprint density at radius 3 is 2.37 bits per heavy atom. The largest absolute Gasteiger partial charge is 0.480 e. The Morgan fingerprint density at radius 1 is 1.37 bits per heavy atom. The summed E-state index contributed by atoms with van der Waals surface area (Å²) in [6.45, 7) is 2.04. The number of hydrogen-bond acceptors (Lipinski definition) is 4. The third-order valence-corrected chi connectivity index (χ3v) is 3.78. The number of amides is 3. The molecule has 5 N–H and O–H groups in total. The summed E-state index contributed by atoms with van der Waals surface area (Å²) >= 11 is 0. The van der Waals surface area contributed by atoms with E-state index in [0.717, 1.165) is 0 Å². The standard InChI is InChI=1S/C10H19N3O5S/c1-6(19(2)18)3-4-12-10(17)13-7(9(15)16)5-8(11)14/h6-7H,3-5H2,1-2H3,(H2,11,14)(H,15,16)(H2,12,13,17). The van der Waals surface area contributed by atoms with Crippen molar-refractivity contribution in [1.82, 2.24) is 10.6 Å². The zero-order valence-corrected chi connectivity index (χ0v) is 11.7. The Balaban J connectivity index is 4.10. The Morgan fingerprint density at radius 2 is 1.95 bits per heavy atom. The number of nitrogens with two attached hydrogens (primary N) is 1. The second-order valence-electron chi connectivity index (χ2n) is 4.06. The molecule has 9 heteroatoms. The van der Waals surface area contributed by atoms with Crippen LogP contribution < -0.4 is 16.4 Å². The number of carboxylic acids is 1. The molecule has 0 saturated carbocycles. The van der Waals surface area contributed by atoms with Crippen molar-refractivity contribution in [2.45, 2.75) is 31.1 Å². The number of carboxylic acid groups (broad SMARTS) is 1. The van der Waals surface area contributed by atoms with Crippen LogP contribution in [0.4, 0.5) is 4.79 Å². The summed E-state index contributed by atoms with van der Waals surface area (Å²) < 4.78 is 11.1. The van der Waals surface area contributed by atoms with Crippen molar-refractivity contribution < 1.29 is 23.7 Å². The summed E-state index contributed by atoms with van der Waals surface area (Å²) in [5, 5.41) is 13.3. The lowest BCUT2D eigenvalue weighted by molar-refractivity contribution is -0.140. The van der Waals surface area contributed by atoms with Crippen LogP contribution in [0.5, 0.6) is 0 Å². The van der Waals surface area contributed by atoms with E-state index in [-0.39, 0.29) is 11.8 Å². The van der Waals surface area contributed by atoms with E-state index >= 15 is 0 Å². The molecular formula is C10H19N3O5S. The van der Waals surface area contributed by atoms with Gasteiger partial charge in [-0.2, -0.15) is 0 Å². The molecule has 0 heterocycles. The average molecular weight is 293 g/mol. The Kier molecular flexibility index (Phi) is 7.73. The van der Waals surface area contributed by atoms with E-state index in [4.69, 9.17) is 10.8 Å². The van der Waals surface area contributed by atoms with Crippen molar-refractivity contribution in [2.24, 2.45) is 5.73 Å². The van der Waals surface area contributed by atoms with Crippen molar-refractivity contribution >= 4 is 28.7 Å². The minimum atomic E-state index is -1.35. The van der Waals surface area contributed by atoms with Gasteiger partial charge < -0.3 is 21.5 Å². The van der Waals surface area contributed by atoms with E-state index < -0.39 is 41.2 Å². The van der Waals surface area contributed by atoms with Gasteiger partial charge in [0.05, 0.1) is 6.42 Å². The molecule has 0 fully saturated rings. The van der Waals surface area contributed by atoms with Crippen molar-refractivity contribution in [2.75, 3.05) is 12.8 Å².